The number of nitrogens with two attached hydrogens (primary N) is 1. The minimum absolute atomic E-state index is 0.140. The van der Waals surface area contributed by atoms with Gasteiger partial charge in [-0.05, 0) is 54.7 Å². The number of nitrogens with zero attached hydrogens (tertiary/aromatic N) is 1. The highest BCUT2D eigenvalue weighted by Gasteiger charge is 2.49. The molecule has 216 valence electrons. The maximum atomic E-state index is 13.9. The largest absolute Gasteiger partial charge is 0.466 e. The summed E-state index contributed by atoms with van der Waals surface area (Å²) in [6.07, 6.45) is 2.94. The summed E-state index contributed by atoms with van der Waals surface area (Å²) in [5, 5.41) is 9.31. The van der Waals surface area contributed by atoms with Gasteiger partial charge >= 0.3 is 5.97 Å². The van der Waals surface area contributed by atoms with E-state index in [1.807, 2.05) is 30.3 Å². The lowest BCUT2D eigenvalue weighted by Gasteiger charge is -2.48. The van der Waals surface area contributed by atoms with Gasteiger partial charge in [0.05, 0.1) is 31.1 Å². The Bertz CT molecular complexity index is 1380. The number of benzene rings is 3. The average molecular weight is 598 g/mol. The van der Waals surface area contributed by atoms with Gasteiger partial charge in [-0.3, -0.25) is 14.4 Å². The smallest absolute Gasteiger partial charge is 0.311 e. The summed E-state index contributed by atoms with van der Waals surface area (Å²) in [5.74, 6) is -2.47. The first-order valence-corrected chi connectivity index (χ1v) is 14.5. The number of carbonyl (C=O) groups excluding carboxylic acids is 3. The Balaban J connectivity index is 0.000000417. The number of halogens is 2. The van der Waals surface area contributed by atoms with E-state index in [0.29, 0.717) is 39.6 Å². The van der Waals surface area contributed by atoms with Gasteiger partial charge in [0.15, 0.2) is 0 Å². The Morgan fingerprint density at radius 1 is 0.976 bits per heavy atom. The Morgan fingerprint density at radius 3 is 2.29 bits per heavy atom. The van der Waals surface area contributed by atoms with Gasteiger partial charge in [-0.15, -0.1) is 0 Å². The molecule has 0 radical (unpaired) electrons. The molecular formula is C32H34Cl2N2O5. The summed E-state index contributed by atoms with van der Waals surface area (Å²) in [6, 6.07) is 20.3. The molecule has 0 saturated heterocycles. The van der Waals surface area contributed by atoms with Crippen molar-refractivity contribution in [1.82, 2.24) is 4.90 Å². The quantitative estimate of drug-likeness (QED) is 0.336. The number of aliphatic hydroxyl groups is 1. The molecule has 2 amide bonds. The highest BCUT2D eigenvalue weighted by atomic mass is 35.5. The van der Waals surface area contributed by atoms with Crippen molar-refractivity contribution in [3.05, 3.63) is 105 Å². The highest BCUT2D eigenvalue weighted by Crippen LogP contribution is 2.48. The lowest BCUT2D eigenvalue weighted by molar-refractivity contribution is -0.152. The molecule has 1 fully saturated rings. The van der Waals surface area contributed by atoms with E-state index in [9.17, 15) is 14.4 Å². The van der Waals surface area contributed by atoms with E-state index in [0.717, 1.165) is 18.4 Å². The number of aliphatic hydroxyl groups excluding tert-OH is 1. The van der Waals surface area contributed by atoms with Gasteiger partial charge in [-0.2, -0.15) is 0 Å². The van der Waals surface area contributed by atoms with E-state index in [1.54, 1.807) is 54.3 Å². The van der Waals surface area contributed by atoms with Crippen LogP contribution in [0.25, 0.3) is 0 Å². The van der Waals surface area contributed by atoms with E-state index < -0.39 is 29.8 Å². The van der Waals surface area contributed by atoms with Gasteiger partial charge in [0, 0.05) is 21.7 Å². The number of primary amides is 1. The molecule has 0 bridgehead atoms. The molecule has 0 spiro atoms. The first-order chi connectivity index (χ1) is 19.8. The maximum Gasteiger partial charge on any atom is 0.311 e. The lowest BCUT2D eigenvalue weighted by atomic mass is 9.75. The Labute approximate surface area is 250 Å². The van der Waals surface area contributed by atoms with E-state index in [-0.39, 0.29) is 25.1 Å². The normalized spacial score (nSPS) is 21.8. The number of hydrogen-bond acceptors (Lipinski definition) is 5. The van der Waals surface area contributed by atoms with Gasteiger partial charge in [0.25, 0.3) is 5.91 Å². The standard InChI is InChI=1S/C25H26Cl2N2O4.C7H8O/c1-2-33-25(32)18-9-5-6-10-20(18)29-22(17-12-11-14(26)13-19(17)27)21(23(28)30)15-7-3-4-8-16(15)24(29)31;8-6-7-4-2-1-3-5-7/h3-4,7-8,11-13,18,20-22H,2,5-6,9-10H2,1H3,(H2,28,30);1-5,8H,6H2. The molecule has 3 aromatic rings. The van der Waals surface area contributed by atoms with Crippen molar-refractivity contribution in [2.24, 2.45) is 11.7 Å². The predicted molar refractivity (Wildman–Crippen MR) is 158 cm³/mol. The number of carbonyl (C=O) groups is 3. The fraction of sp³-hybridized carbons (Fsp3) is 0.344. The summed E-state index contributed by atoms with van der Waals surface area (Å²) in [5.41, 5.74) is 8.44. The second-order valence-electron chi connectivity index (χ2n) is 10.1. The topological polar surface area (TPSA) is 110 Å². The molecule has 9 heteroatoms. The van der Waals surface area contributed by atoms with Crippen LogP contribution in [-0.4, -0.2) is 40.4 Å². The minimum Gasteiger partial charge on any atom is -0.466 e. The van der Waals surface area contributed by atoms with Crippen LogP contribution in [0.5, 0.6) is 0 Å². The highest BCUT2D eigenvalue weighted by molar-refractivity contribution is 6.35. The maximum absolute atomic E-state index is 13.9. The predicted octanol–water partition coefficient (Wildman–Crippen LogP) is 6.06. The van der Waals surface area contributed by atoms with Crippen molar-refractivity contribution in [1.29, 1.82) is 0 Å². The van der Waals surface area contributed by atoms with Crippen molar-refractivity contribution < 1.29 is 24.2 Å². The van der Waals surface area contributed by atoms with Crippen molar-refractivity contribution >= 4 is 41.0 Å². The molecule has 3 N–H and O–H groups in total. The summed E-state index contributed by atoms with van der Waals surface area (Å²) < 4.78 is 5.35. The van der Waals surface area contributed by atoms with Crippen molar-refractivity contribution in [3.8, 4) is 0 Å². The van der Waals surface area contributed by atoms with Gasteiger partial charge < -0.3 is 20.5 Å². The third kappa shape index (κ3) is 6.75. The fourth-order valence-electron chi connectivity index (χ4n) is 5.85. The molecule has 0 aromatic heterocycles. The van der Waals surface area contributed by atoms with Crippen molar-refractivity contribution in [2.75, 3.05) is 6.61 Å². The number of hydrogen-bond donors (Lipinski definition) is 2. The molecule has 1 heterocycles. The third-order valence-corrected chi connectivity index (χ3v) is 8.23. The molecule has 7 nitrogen and oxygen atoms in total. The lowest BCUT2D eigenvalue weighted by Crippen LogP contribution is -2.55. The number of amides is 2. The Morgan fingerprint density at radius 2 is 1.66 bits per heavy atom. The number of ether oxygens (including phenoxy) is 1. The molecule has 5 rings (SSSR count). The van der Waals surface area contributed by atoms with Gasteiger partial charge in [0.1, 0.15) is 0 Å². The summed E-state index contributed by atoms with van der Waals surface area (Å²) in [7, 11) is 0. The molecule has 1 aliphatic carbocycles. The van der Waals surface area contributed by atoms with E-state index >= 15 is 0 Å². The van der Waals surface area contributed by atoms with Crippen LogP contribution in [0.1, 0.15) is 71.6 Å². The van der Waals surface area contributed by atoms with Crippen LogP contribution < -0.4 is 5.73 Å². The molecule has 4 unspecified atom stereocenters. The summed E-state index contributed by atoms with van der Waals surface area (Å²) in [6.45, 7) is 2.16. The Hall–Kier alpha value is -3.39. The second-order valence-corrected chi connectivity index (χ2v) is 11.0. The van der Waals surface area contributed by atoms with Crippen molar-refractivity contribution in [2.45, 2.75) is 57.2 Å². The zero-order valence-electron chi connectivity index (χ0n) is 22.8. The number of fused-ring (bicyclic) bond motifs is 1. The van der Waals surface area contributed by atoms with E-state index in [4.69, 9.17) is 38.8 Å². The monoisotopic (exact) mass is 596 g/mol. The van der Waals surface area contributed by atoms with Crippen LogP contribution in [0.3, 0.4) is 0 Å². The van der Waals surface area contributed by atoms with Crippen LogP contribution in [-0.2, 0) is 20.9 Å². The molecule has 1 aliphatic heterocycles. The number of esters is 1. The van der Waals surface area contributed by atoms with Gasteiger partial charge in [-0.25, -0.2) is 0 Å². The second kappa shape index (κ2) is 14.0. The van der Waals surface area contributed by atoms with Crippen LogP contribution in [0.2, 0.25) is 10.0 Å². The van der Waals surface area contributed by atoms with Crippen LogP contribution in [0.15, 0.2) is 72.8 Å². The molecule has 2 aliphatic rings. The van der Waals surface area contributed by atoms with Crippen LogP contribution in [0, 0.1) is 5.92 Å². The van der Waals surface area contributed by atoms with Gasteiger partial charge in [0.2, 0.25) is 5.91 Å². The van der Waals surface area contributed by atoms with E-state index in [1.165, 1.54) is 0 Å². The number of rotatable bonds is 6. The minimum atomic E-state index is -0.831. The molecular weight excluding hydrogens is 563 g/mol. The molecule has 41 heavy (non-hydrogen) atoms. The molecule has 3 aromatic carbocycles. The molecule has 1 saturated carbocycles. The van der Waals surface area contributed by atoms with E-state index in [2.05, 4.69) is 0 Å². The fourth-order valence-corrected chi connectivity index (χ4v) is 6.37. The first kappa shape index (κ1) is 30.6. The zero-order valence-corrected chi connectivity index (χ0v) is 24.4. The SMILES string of the molecule is CCOC(=O)C1CCCCC1N1C(=O)c2ccccc2C(C(N)=O)C1c1ccc(Cl)cc1Cl.OCc1ccccc1. The third-order valence-electron chi connectivity index (χ3n) is 7.67. The zero-order chi connectivity index (χ0) is 29.5. The average Bonchev–Trinajstić information content (AvgIpc) is 2.98. The summed E-state index contributed by atoms with van der Waals surface area (Å²) >= 11 is 12.7. The summed E-state index contributed by atoms with van der Waals surface area (Å²) in [4.78, 5) is 41.3. The first-order valence-electron chi connectivity index (χ1n) is 13.8. The van der Waals surface area contributed by atoms with Crippen molar-refractivity contribution in [3.63, 3.8) is 0 Å². The molecule has 4 atom stereocenters. The van der Waals surface area contributed by atoms with Gasteiger partial charge in [-0.1, -0.05) is 90.6 Å². The van der Waals surface area contributed by atoms with Crippen LogP contribution >= 0.6 is 23.2 Å². The van der Waals surface area contributed by atoms with Crippen LogP contribution in [0.4, 0.5) is 0 Å². The Kier molecular flexibility index (Phi) is 10.4.